The fourth-order valence-electron chi connectivity index (χ4n) is 13.3. The highest BCUT2D eigenvalue weighted by Crippen LogP contribution is 2.33. The summed E-state index contributed by atoms with van der Waals surface area (Å²) in [5, 5.41) is 114. The van der Waals surface area contributed by atoms with Crippen LogP contribution in [-0.4, -0.2) is 282 Å². The molecule has 2 amide bonds. The molecule has 117 heavy (non-hydrogen) atoms. The van der Waals surface area contributed by atoms with Crippen molar-refractivity contribution in [3.05, 3.63) is 84.5 Å². The number of hydrogen-bond acceptors (Lipinski definition) is 27. The summed E-state index contributed by atoms with van der Waals surface area (Å²) in [6.07, 6.45) is 0.538. The minimum atomic E-state index is -1.00. The molecule has 2 heterocycles. The fraction of sp³-hybridized carbons (Fsp3) is 0.756. The van der Waals surface area contributed by atoms with Crippen molar-refractivity contribution in [1.82, 2.24) is 10.6 Å². The van der Waals surface area contributed by atoms with Crippen molar-refractivity contribution in [3.8, 4) is 11.5 Å². The Morgan fingerprint density at radius 2 is 0.991 bits per heavy atom. The van der Waals surface area contributed by atoms with Gasteiger partial charge in [0.2, 0.25) is 11.8 Å². The van der Waals surface area contributed by atoms with Crippen LogP contribution in [0.4, 0.5) is 0 Å². The van der Waals surface area contributed by atoms with Crippen LogP contribution in [0.5, 0.6) is 11.5 Å². The molecular weight excluding hydrogens is 1590 g/mol. The third-order valence-corrected chi connectivity index (χ3v) is 18.7. The van der Waals surface area contributed by atoms with Gasteiger partial charge in [-0.2, -0.15) is 0 Å². The second-order valence-corrected chi connectivity index (χ2v) is 29.7. The van der Waals surface area contributed by atoms with Gasteiger partial charge in [0.15, 0.2) is 30.9 Å². The Hall–Kier alpha value is -5.21. The number of rotatable bonds is 52. The molecule has 31 heteroatoms. The number of nitrogens with one attached hydrogen (secondary N) is 2. The maximum absolute atomic E-state index is 12.7. The first-order valence-corrected chi connectivity index (χ1v) is 41.6. The topological polar surface area (TPSA) is 433 Å². The van der Waals surface area contributed by atoms with Crippen LogP contribution in [0.1, 0.15) is 233 Å². The Bertz CT molecular complexity index is 2880. The molecule has 0 bridgehead atoms. The SMILES string of the molecule is Br.C=CC(=O)NCC(OC)OC.C=CC(=O)NCC1OC(CC(O)CC2CC(C[C@@H](C)CC(O)CO)OC(CC)O2)CC(CC(CC)OC(C)=O)O1.CC.CC.CCC(CC(O)CC(O)CC(O)CC(O)CC(O)C[C@@H](C)CC(O)CO)OC(C)=O.CCOC(CCC[N+](C)(C)Cc1ccc(C(=O)c2ccc(OC)cc2O)cc1)OCC. The molecule has 0 saturated carbocycles. The van der Waals surface area contributed by atoms with Crippen LogP contribution in [0.3, 0.4) is 0 Å². The number of aliphatic hydroxyl groups is 10. The second-order valence-electron chi connectivity index (χ2n) is 29.7. The number of ether oxygens (including phenoxy) is 11. The maximum Gasteiger partial charge on any atom is 0.302 e. The first kappa shape index (κ1) is 116. The van der Waals surface area contributed by atoms with Crippen LogP contribution in [0.25, 0.3) is 0 Å². The number of aromatic hydroxyl groups is 1. The summed E-state index contributed by atoms with van der Waals surface area (Å²) in [6.45, 7) is 34.0. The van der Waals surface area contributed by atoms with E-state index in [1.54, 1.807) is 12.1 Å². The van der Waals surface area contributed by atoms with Gasteiger partial charge >= 0.3 is 11.9 Å². The Kier molecular flexibility index (Phi) is 67.7. The summed E-state index contributed by atoms with van der Waals surface area (Å²) < 4.78 is 61.6. The normalized spacial score (nSPS) is 19.5. The Morgan fingerprint density at radius 3 is 1.43 bits per heavy atom. The average molecular weight is 1740 g/mol. The van der Waals surface area contributed by atoms with Gasteiger partial charge in [0, 0.05) is 97.0 Å². The van der Waals surface area contributed by atoms with Crippen LogP contribution in [-0.2, 0) is 73.1 Å². The van der Waals surface area contributed by atoms with Gasteiger partial charge in [-0.25, -0.2) is 0 Å². The lowest BCUT2D eigenvalue weighted by molar-refractivity contribution is -0.903. The predicted molar refractivity (Wildman–Crippen MR) is 453 cm³/mol. The van der Waals surface area contributed by atoms with Gasteiger partial charge in [0.25, 0.3) is 0 Å². The van der Waals surface area contributed by atoms with E-state index in [1.165, 1.54) is 53.4 Å². The van der Waals surface area contributed by atoms with Gasteiger partial charge < -0.3 is 123 Å². The molecule has 13 N–H and O–H groups in total. The Morgan fingerprint density at radius 1 is 0.556 bits per heavy atom. The van der Waals surface area contributed by atoms with E-state index in [-0.39, 0.29) is 165 Å². The van der Waals surface area contributed by atoms with Crippen LogP contribution in [0.2, 0.25) is 0 Å². The largest absolute Gasteiger partial charge is 0.507 e. The summed E-state index contributed by atoms with van der Waals surface area (Å²) in [6, 6.07) is 12.3. The average Bonchev–Trinajstić information content (AvgIpc) is 0.822. The van der Waals surface area contributed by atoms with Crippen LogP contribution >= 0.6 is 17.0 Å². The van der Waals surface area contributed by atoms with E-state index >= 15 is 0 Å². The molecule has 2 aromatic carbocycles. The molecule has 2 saturated heterocycles. The Labute approximate surface area is 709 Å². The van der Waals surface area contributed by atoms with E-state index < -0.39 is 67.2 Å². The van der Waals surface area contributed by atoms with Crippen molar-refractivity contribution in [3.63, 3.8) is 0 Å². The summed E-state index contributed by atoms with van der Waals surface area (Å²) in [7, 11) is 8.93. The smallest absolute Gasteiger partial charge is 0.302 e. The minimum Gasteiger partial charge on any atom is -0.507 e. The van der Waals surface area contributed by atoms with E-state index in [2.05, 4.69) is 37.9 Å². The molecule has 2 aromatic rings. The number of quaternary nitrogens is 1. The molecule has 16 unspecified atom stereocenters. The predicted octanol–water partition coefficient (Wildman–Crippen LogP) is 9.12. The van der Waals surface area contributed by atoms with Crippen LogP contribution in [0.15, 0.2) is 67.8 Å². The van der Waals surface area contributed by atoms with Gasteiger partial charge in [-0.3, -0.25) is 24.0 Å². The van der Waals surface area contributed by atoms with Gasteiger partial charge in [0.05, 0.1) is 133 Å². The van der Waals surface area contributed by atoms with Crippen molar-refractivity contribution in [2.24, 2.45) is 11.8 Å². The number of hydrogen-bond donors (Lipinski definition) is 13. The number of methoxy groups -OCH3 is 3. The highest BCUT2D eigenvalue weighted by Gasteiger charge is 2.37. The lowest BCUT2D eigenvalue weighted by Gasteiger charge is -2.39. The number of nitrogens with zero attached hydrogens (tertiary/aromatic N) is 1. The van der Waals surface area contributed by atoms with Gasteiger partial charge in [-0.1, -0.05) is 99.7 Å². The molecule has 0 radical (unpaired) electrons. The highest BCUT2D eigenvalue weighted by molar-refractivity contribution is 8.93. The van der Waals surface area contributed by atoms with Crippen molar-refractivity contribution >= 4 is 46.5 Å². The first-order chi connectivity index (χ1) is 55.0. The van der Waals surface area contributed by atoms with E-state index in [4.69, 9.17) is 62.3 Å². The lowest BCUT2D eigenvalue weighted by atomic mass is 9.91. The molecule has 2 fully saturated rings. The number of benzene rings is 2. The number of amides is 2. The zero-order chi connectivity index (χ0) is 88.5. The quantitative estimate of drug-likeness (QED) is 0.00964. The molecule has 682 valence electrons. The van der Waals surface area contributed by atoms with Crippen LogP contribution in [0, 0.1) is 11.8 Å². The number of aliphatic hydroxyl groups excluding tert-OH is 10. The molecule has 0 aromatic heterocycles. The first-order valence-electron chi connectivity index (χ1n) is 41.6. The number of phenols is 1. The number of ketones is 1. The van der Waals surface area contributed by atoms with E-state index in [9.17, 15) is 69.9 Å². The van der Waals surface area contributed by atoms with E-state index in [0.29, 0.717) is 102 Å². The number of carbonyl (C=O) groups is 5. The van der Waals surface area contributed by atoms with Gasteiger partial charge in [0.1, 0.15) is 30.3 Å². The standard InChI is InChI=1S/C29H51NO10.C25H35NO5.C21H42O9.C7H13NO3.2C2H6.BrH/c1-6-22(36-19(5)32)13-26-15-25(39-29(40-26)16-30-27(35)7-2)12-20(33)11-24-14-23(37-28(8-3)38-24)10-18(4)9-21(34)17-31;1-6-30-24(31-7-2)9-8-16-26(3,4)18-19-10-12-20(13-11-19)25(28)22-15-14-21(29-5)17-23(22)27;1-4-21(30-14(3)23)11-19(28)10-18(27)9-17(26)8-16(25)7-15(24)5-13(2)6-20(29)12-22;1-4-6(9)8-5-7(10-2)11-3;2*1-2;/h7,18,20-26,28-29,31,33-34H,2,6,8-17H2,1,3-5H3,(H,30,35);10-15,17,24H,6-9,16,18H2,1-5H3;13,15-22,24-29H,4-12H2,1-3H3;4,7H,1,5H2,2-3H3,(H,8,9);2*1-2H3;1H/p+1/t18-,20?,21?,22?,23?,24?,25?,26?,28?,29?;;13-,15?,16?,17?,18?,19?,20?,21?;;;;/m0.1..../s1. The fourth-order valence-corrected chi connectivity index (χ4v) is 13.3. The summed E-state index contributed by atoms with van der Waals surface area (Å²) in [5.74, 6) is -1.00. The molecule has 2 aliphatic heterocycles. The molecular formula is C86H155BrN3O27+. The van der Waals surface area contributed by atoms with Crippen LogP contribution < -0.4 is 15.4 Å². The number of phenolic OH excluding ortho intramolecular Hbond substituents is 1. The zero-order valence-electron chi connectivity index (χ0n) is 73.6. The summed E-state index contributed by atoms with van der Waals surface area (Å²) in [5.41, 5.74) is 1.97. The molecule has 30 nitrogen and oxygen atoms in total. The second kappa shape index (κ2) is 68.3. The molecule has 0 spiro atoms. The molecule has 18 atom stereocenters. The van der Waals surface area contributed by atoms with Crippen molar-refractivity contribution in [1.29, 1.82) is 0 Å². The van der Waals surface area contributed by atoms with Crippen molar-refractivity contribution in [2.75, 3.05) is 81.5 Å². The number of esters is 2. The molecule has 2 aliphatic rings. The third kappa shape index (κ3) is 55.4. The van der Waals surface area contributed by atoms with E-state index in [0.717, 1.165) is 42.4 Å². The Balaban J connectivity index is -0.00000154. The lowest BCUT2D eigenvalue weighted by Crippen LogP contribution is -2.46. The van der Waals surface area contributed by atoms with Crippen molar-refractivity contribution < 1.29 is 137 Å². The number of halogens is 1. The van der Waals surface area contributed by atoms with Crippen molar-refractivity contribution in [2.45, 2.75) is 329 Å². The zero-order valence-corrected chi connectivity index (χ0v) is 75.3. The number of carbonyl (C=O) groups excluding carboxylic acids is 5. The van der Waals surface area contributed by atoms with Gasteiger partial charge in [-0.05, 0) is 133 Å². The minimum absolute atomic E-state index is 0. The molecule has 4 rings (SSSR count). The van der Waals surface area contributed by atoms with E-state index in [1.807, 2.05) is 100 Å². The monoisotopic (exact) mass is 1740 g/mol. The van der Waals surface area contributed by atoms with Gasteiger partial charge in [-0.15, -0.1) is 17.0 Å². The molecule has 0 aliphatic carbocycles. The summed E-state index contributed by atoms with van der Waals surface area (Å²) in [4.78, 5) is 57.6. The summed E-state index contributed by atoms with van der Waals surface area (Å²) >= 11 is 0. The maximum atomic E-state index is 12.7. The highest BCUT2D eigenvalue weighted by atomic mass is 79.9. The third-order valence-electron chi connectivity index (χ3n) is 18.7.